The first-order valence-electron chi connectivity index (χ1n) is 6.72. The van der Waals surface area contributed by atoms with Crippen LogP contribution in [0.4, 0.5) is 5.13 Å². The fourth-order valence-corrected chi connectivity index (χ4v) is 1.44. The molecule has 0 atom stereocenters. The summed E-state index contributed by atoms with van der Waals surface area (Å²) in [6, 6.07) is 0. The highest BCUT2D eigenvalue weighted by molar-refractivity contribution is 9.11. The van der Waals surface area contributed by atoms with Gasteiger partial charge >= 0.3 is 0 Å². The molecule has 1 aromatic rings. The summed E-state index contributed by atoms with van der Waals surface area (Å²) in [5, 5.41) is -0.391. The fourth-order valence-electron chi connectivity index (χ4n) is 0.387. The lowest BCUT2D eigenvalue weighted by atomic mass is 10.6. The van der Waals surface area contributed by atoms with Gasteiger partial charge in [0, 0.05) is 26.3 Å². The van der Waals surface area contributed by atoms with Gasteiger partial charge < -0.3 is 4.90 Å². The van der Waals surface area contributed by atoms with E-state index >= 15 is 0 Å². The molecule has 0 aromatic carbocycles. The van der Waals surface area contributed by atoms with E-state index in [0.717, 1.165) is 0 Å². The third kappa shape index (κ3) is 1.49. The normalized spacial score (nSPS) is 27.1. The van der Waals surface area contributed by atoms with Crippen molar-refractivity contribution < 1.29 is 12.3 Å². The second-order valence-electron chi connectivity index (χ2n) is 1.45. The molecule has 0 saturated carbocycles. The van der Waals surface area contributed by atoms with Gasteiger partial charge in [-0.2, -0.15) is 0 Å². The van der Waals surface area contributed by atoms with Gasteiger partial charge in [0.05, 0.1) is 9.48 Å². The van der Waals surface area contributed by atoms with Crippen LogP contribution in [-0.2, 0) is 0 Å². The minimum Gasteiger partial charge on any atom is -0.354 e. The van der Waals surface area contributed by atoms with Gasteiger partial charge in [0.2, 0.25) is 0 Å². The molecule has 4 heteroatoms. The number of halogens is 1. The first-order chi connectivity index (χ1) is 8.24. The second-order valence-corrected chi connectivity index (χ2v) is 3.75. The molecular formula is C6H9BrN2S. The van der Waals surface area contributed by atoms with Crippen LogP contribution in [-0.4, -0.2) is 18.9 Å². The van der Waals surface area contributed by atoms with Crippen molar-refractivity contribution in [3.63, 3.8) is 0 Å². The van der Waals surface area contributed by atoms with Crippen molar-refractivity contribution in [2.75, 3.05) is 18.9 Å². The van der Waals surface area contributed by atoms with E-state index < -0.39 is 25.9 Å². The average Bonchev–Trinajstić information content (AvgIpc) is 2.39. The van der Waals surface area contributed by atoms with Gasteiger partial charge in [-0.25, -0.2) is 4.98 Å². The van der Waals surface area contributed by atoms with Crippen LogP contribution < -0.4 is 4.90 Å². The lowest BCUT2D eigenvalue weighted by Gasteiger charge is -2.04. The van der Waals surface area contributed by atoms with Gasteiger partial charge in [-0.1, -0.05) is 11.3 Å². The maximum atomic E-state index is 7.23. The van der Waals surface area contributed by atoms with Crippen molar-refractivity contribution in [2.45, 2.75) is 6.85 Å². The smallest absolute Gasteiger partial charge is 0.186 e. The number of aromatic nitrogens is 1. The minimum atomic E-state index is -2.95. The SMILES string of the molecule is [2H]C([2H])([2H])c1nc(N(C([2H])([2H])[2H])C([2H])([2H])[2H])sc1Br. The zero-order chi connectivity index (χ0) is 15.2. The molecule has 0 unspecified atom stereocenters. The summed E-state index contributed by atoms with van der Waals surface area (Å²) in [5.74, 6) is 0. The predicted molar refractivity (Wildman–Crippen MR) is 48.9 cm³/mol. The van der Waals surface area contributed by atoms with E-state index in [9.17, 15) is 0 Å². The first-order valence-corrected chi connectivity index (χ1v) is 3.82. The molecule has 10 heavy (non-hydrogen) atoms. The summed E-state index contributed by atoms with van der Waals surface area (Å²) < 4.78 is 65.1. The van der Waals surface area contributed by atoms with Gasteiger partial charge in [0.15, 0.2) is 5.13 Å². The highest BCUT2D eigenvalue weighted by Crippen LogP contribution is 2.28. The second kappa shape index (κ2) is 2.88. The Balaban J connectivity index is 3.35. The maximum absolute atomic E-state index is 7.23. The molecule has 0 saturated heterocycles. The van der Waals surface area contributed by atoms with Crippen LogP contribution in [0.1, 0.15) is 18.0 Å². The minimum absolute atomic E-state index is 0.0843. The van der Waals surface area contributed by atoms with Crippen molar-refractivity contribution in [2.24, 2.45) is 0 Å². The van der Waals surface area contributed by atoms with Gasteiger partial charge in [0.1, 0.15) is 0 Å². The zero-order valence-corrected chi connectivity index (χ0v) is 7.08. The molecule has 0 radical (unpaired) electrons. The van der Waals surface area contributed by atoms with E-state index in [4.69, 9.17) is 12.3 Å². The molecule has 1 aromatic heterocycles. The van der Waals surface area contributed by atoms with Crippen molar-refractivity contribution in [3.8, 4) is 0 Å². The molecule has 0 spiro atoms. The number of nitrogens with zero attached hydrogens (tertiary/aromatic N) is 2. The van der Waals surface area contributed by atoms with Crippen LogP contribution in [0.25, 0.3) is 0 Å². The summed E-state index contributed by atoms with van der Waals surface area (Å²) in [5.41, 5.74) is -0.356. The van der Waals surface area contributed by atoms with Crippen molar-refractivity contribution in [1.82, 2.24) is 4.98 Å². The summed E-state index contributed by atoms with van der Waals surface area (Å²) in [4.78, 5) is 3.79. The van der Waals surface area contributed by atoms with Gasteiger partial charge in [-0.3, -0.25) is 0 Å². The number of hydrogen-bond acceptors (Lipinski definition) is 3. The molecule has 0 aliphatic heterocycles. The molecule has 0 bridgehead atoms. The molecular weight excluding hydrogens is 212 g/mol. The maximum Gasteiger partial charge on any atom is 0.186 e. The zero-order valence-electron chi connectivity index (χ0n) is 13.7. The molecule has 56 valence electrons. The Bertz CT molecular complexity index is 445. The third-order valence-electron chi connectivity index (χ3n) is 0.766. The Labute approximate surface area is 85.7 Å². The van der Waals surface area contributed by atoms with E-state index in [0.29, 0.717) is 11.3 Å². The predicted octanol–water partition coefficient (Wildman–Crippen LogP) is 2.28. The fraction of sp³-hybridized carbons (Fsp3) is 0.500. The molecule has 1 rings (SSSR count). The van der Waals surface area contributed by atoms with Crippen LogP contribution in [0, 0.1) is 6.85 Å². The highest BCUT2D eigenvalue weighted by Gasteiger charge is 2.04. The van der Waals surface area contributed by atoms with E-state index in [1.807, 2.05) is 0 Å². The van der Waals surface area contributed by atoms with Crippen molar-refractivity contribution in [3.05, 3.63) is 9.48 Å². The van der Waals surface area contributed by atoms with Crippen molar-refractivity contribution >= 4 is 32.4 Å². The molecule has 0 aliphatic rings. The monoisotopic (exact) mass is 229 g/mol. The topological polar surface area (TPSA) is 16.1 Å². The van der Waals surface area contributed by atoms with Gasteiger partial charge in [0.25, 0.3) is 0 Å². The molecule has 0 fully saturated rings. The number of aryl methyl sites for hydroxylation is 1. The quantitative estimate of drug-likeness (QED) is 0.735. The standard InChI is InChI=1S/C6H9BrN2S/c1-4-5(7)10-6(8-4)9(2)3/h1-3H3/i1D3,2D3,3D3. The van der Waals surface area contributed by atoms with E-state index in [1.54, 1.807) is 0 Å². The lowest BCUT2D eigenvalue weighted by molar-refractivity contribution is 1.08. The van der Waals surface area contributed by atoms with Crippen molar-refractivity contribution in [1.29, 1.82) is 0 Å². The van der Waals surface area contributed by atoms with E-state index in [1.165, 1.54) is 0 Å². The number of rotatable bonds is 1. The summed E-state index contributed by atoms with van der Waals surface area (Å²) >= 11 is 3.61. The Morgan fingerprint density at radius 1 is 1.70 bits per heavy atom. The van der Waals surface area contributed by atoms with Gasteiger partial charge in [-0.15, -0.1) is 0 Å². The van der Waals surface area contributed by atoms with Crippen LogP contribution in [0.2, 0.25) is 0 Å². The van der Waals surface area contributed by atoms with E-state index in [-0.39, 0.29) is 14.4 Å². The first kappa shape index (κ1) is 2.20. The summed E-state index contributed by atoms with van der Waals surface area (Å²) in [7, 11) is 0. The Morgan fingerprint density at radius 2 is 2.50 bits per heavy atom. The molecule has 2 nitrogen and oxygen atoms in total. The summed E-state index contributed by atoms with van der Waals surface area (Å²) in [6.45, 7) is -8.45. The Morgan fingerprint density at radius 3 is 3.00 bits per heavy atom. The lowest BCUT2D eigenvalue weighted by Crippen LogP contribution is -2.07. The number of thiazole rings is 1. The molecule has 0 aliphatic carbocycles. The van der Waals surface area contributed by atoms with Crippen LogP contribution in [0.3, 0.4) is 0 Å². The van der Waals surface area contributed by atoms with Gasteiger partial charge in [-0.05, 0) is 22.8 Å². The molecule has 1 heterocycles. The summed E-state index contributed by atoms with van der Waals surface area (Å²) in [6.07, 6.45) is 0. The Kier molecular flexibility index (Phi) is 0.634. The number of anilines is 1. The van der Waals surface area contributed by atoms with Crippen LogP contribution in [0.15, 0.2) is 3.79 Å². The third-order valence-corrected chi connectivity index (χ3v) is 2.46. The number of hydrogen-bond donors (Lipinski definition) is 0. The molecule has 0 N–H and O–H groups in total. The average molecular weight is 230 g/mol. The van der Waals surface area contributed by atoms with Crippen LogP contribution in [0.5, 0.6) is 0 Å². The van der Waals surface area contributed by atoms with Crippen LogP contribution >= 0.6 is 27.3 Å². The highest BCUT2D eigenvalue weighted by atomic mass is 79.9. The molecule has 0 amide bonds. The largest absolute Gasteiger partial charge is 0.354 e. The Hall–Kier alpha value is -0.0900. The van der Waals surface area contributed by atoms with E-state index in [2.05, 4.69) is 20.9 Å².